The molecule has 8 aromatic heterocycles. The fourth-order valence-electron chi connectivity index (χ4n) is 13.3. The molecule has 0 atom stereocenters. The smallest absolute Gasteiger partial charge is 0.0736 e. The molecule has 0 saturated carbocycles. The fourth-order valence-corrected chi connectivity index (χ4v) is 13.3. The number of fused-ring (bicyclic) bond motifs is 8. The van der Waals surface area contributed by atoms with Crippen molar-refractivity contribution in [1.29, 1.82) is 0 Å². The number of aromatic nitrogens is 8. The van der Waals surface area contributed by atoms with E-state index in [4.69, 9.17) is 0 Å². The first-order chi connectivity index (χ1) is 48.6. The number of nitrogens with zero attached hydrogens (tertiary/aromatic N) is 8. The lowest BCUT2D eigenvalue weighted by Gasteiger charge is -2.07. The number of rotatable bonds is 0. The summed E-state index contributed by atoms with van der Waals surface area (Å²) in [5.41, 5.74) is 32.0. The average Bonchev–Trinajstić information content (AvgIpc) is 0.835. The van der Waals surface area contributed by atoms with Gasteiger partial charge in [0.25, 0.3) is 0 Å². The van der Waals surface area contributed by atoms with Gasteiger partial charge >= 0.3 is 0 Å². The van der Waals surface area contributed by atoms with E-state index in [1.807, 2.05) is 65.8 Å². The van der Waals surface area contributed by atoms with Crippen molar-refractivity contribution in [3.63, 3.8) is 0 Å². The molecule has 16 rings (SSSR count). The van der Waals surface area contributed by atoms with E-state index in [0.717, 1.165) is 90.2 Å². The van der Waals surface area contributed by atoms with Crippen LogP contribution in [-0.4, -0.2) is 39.9 Å². The topological polar surface area (TPSA) is 103 Å². The number of para-hydroxylation sites is 3. The van der Waals surface area contributed by atoms with Crippen molar-refractivity contribution >= 4 is 86.8 Å². The Kier molecular flexibility index (Phi) is 25.0. The maximum Gasteiger partial charge on any atom is 0.0736 e. The van der Waals surface area contributed by atoms with Crippen molar-refractivity contribution in [1.82, 2.24) is 39.9 Å². The van der Waals surface area contributed by atoms with E-state index in [-0.39, 0.29) is 0 Å². The SMILES string of the molecule is Cc1cc(C)c2cccc(C)c2n1.Cc1cc(C)c2ccccc2n1.Cc1cc2c(C)cccc2c(C)n1.Cc1cc2c(C)cccc2nc1C.Cc1cc2cccc(C)c2c(C)n1.Cc1cc2ccccc2c(C)n1.Cc1ccc2nc(C)cc(C)c2c1.Cc1nc2ccccc2c(C)c1C. The van der Waals surface area contributed by atoms with Crippen LogP contribution in [0.15, 0.2) is 206 Å². The summed E-state index contributed by atoms with van der Waals surface area (Å²) < 4.78 is 0. The van der Waals surface area contributed by atoms with E-state index >= 15 is 0 Å². The quantitative estimate of drug-likeness (QED) is 0.148. The molecule has 8 nitrogen and oxygen atoms in total. The van der Waals surface area contributed by atoms with E-state index in [0.29, 0.717) is 0 Å². The molecule has 0 radical (unpaired) electrons. The van der Waals surface area contributed by atoms with Gasteiger partial charge in [-0.3, -0.25) is 39.9 Å². The highest BCUT2D eigenvalue weighted by Gasteiger charge is 2.08. The van der Waals surface area contributed by atoms with Crippen molar-refractivity contribution in [3.05, 3.63) is 330 Å². The highest BCUT2D eigenvalue weighted by Crippen LogP contribution is 2.27. The minimum absolute atomic E-state index is 1.09. The van der Waals surface area contributed by atoms with Gasteiger partial charge in [0.1, 0.15) is 0 Å². The molecule has 516 valence electrons. The number of hydrogen-bond acceptors (Lipinski definition) is 8. The fraction of sp³-hybridized carbons (Fsp3) is 0.234. The number of aryl methyl sites for hydroxylation is 21. The molecular weight excluding hydrogens is 1240 g/mol. The standard InChI is InChI=1S/6C12H13N.2C11H11N/c1-8-4-5-12-11(6-8)9(2)7-10(3)13-12;1-8-5-4-6-11-10(3)13-9(2)7-12(8)11;1-8-5-4-6-11-7-9(2)13-10(3)12(8)11;1-8-5-4-6-12-11(8)7-9(2)10(3)13-12;1-8-5-4-6-11-9(2)7-10(3)13-12(8)11;1-8-9(2)11-6-4-5-7-12(11)13-10(8)3;1-8-7-10-5-3-4-6-11(10)9(2)12-8;1-8-7-9(2)12-11-6-4-3-5-10(8)11/h6*4-7H,1-3H3;2*3-7H,1-2H3. The third-order valence-electron chi connectivity index (χ3n) is 18.8. The maximum absolute atomic E-state index is 4.54. The van der Waals surface area contributed by atoms with Crippen molar-refractivity contribution in [2.75, 3.05) is 0 Å². The molecule has 102 heavy (non-hydrogen) atoms. The predicted octanol–water partition coefficient (Wildman–Crippen LogP) is 24.7. The molecular formula is C94H100N8. The lowest BCUT2D eigenvalue weighted by Crippen LogP contribution is -1.92. The summed E-state index contributed by atoms with van der Waals surface area (Å²) in [6.07, 6.45) is 0. The monoisotopic (exact) mass is 1340 g/mol. The second-order valence-corrected chi connectivity index (χ2v) is 27.4. The van der Waals surface area contributed by atoms with Gasteiger partial charge in [0, 0.05) is 106 Å². The molecule has 0 saturated heterocycles. The van der Waals surface area contributed by atoms with Crippen molar-refractivity contribution in [2.24, 2.45) is 0 Å². The molecule has 16 aromatic rings. The molecule has 0 fully saturated rings. The zero-order valence-electron chi connectivity index (χ0n) is 64.2. The van der Waals surface area contributed by atoms with Crippen LogP contribution in [0, 0.1) is 152 Å². The number of pyridine rings is 8. The van der Waals surface area contributed by atoms with Crippen LogP contribution in [0.5, 0.6) is 0 Å². The van der Waals surface area contributed by atoms with E-state index < -0.39 is 0 Å². The Morgan fingerprint density at radius 3 is 1.26 bits per heavy atom. The second kappa shape index (κ2) is 33.9. The van der Waals surface area contributed by atoms with E-state index in [1.165, 1.54) is 120 Å². The summed E-state index contributed by atoms with van der Waals surface area (Å²) in [6, 6.07) is 71.5. The Hall–Kier alpha value is -11.0. The van der Waals surface area contributed by atoms with E-state index in [2.05, 4.69) is 333 Å². The van der Waals surface area contributed by atoms with Gasteiger partial charge in [-0.1, -0.05) is 139 Å². The Balaban J connectivity index is 0.000000136. The van der Waals surface area contributed by atoms with Gasteiger partial charge in [0.05, 0.1) is 27.6 Å². The molecule has 0 spiro atoms. The molecule has 8 heteroatoms. The molecule has 0 unspecified atom stereocenters. The Bertz CT molecular complexity index is 5480. The summed E-state index contributed by atoms with van der Waals surface area (Å²) >= 11 is 0. The average molecular weight is 1340 g/mol. The van der Waals surface area contributed by atoms with Gasteiger partial charge < -0.3 is 0 Å². The lowest BCUT2D eigenvalue weighted by molar-refractivity contribution is 1.15. The van der Waals surface area contributed by atoms with E-state index in [9.17, 15) is 0 Å². The van der Waals surface area contributed by atoms with Gasteiger partial charge in [0.2, 0.25) is 0 Å². The van der Waals surface area contributed by atoms with Gasteiger partial charge in [-0.05, 0) is 297 Å². The third kappa shape index (κ3) is 18.9. The molecule has 0 N–H and O–H groups in total. The summed E-state index contributed by atoms with van der Waals surface area (Å²) in [5, 5.41) is 14.1. The zero-order valence-corrected chi connectivity index (χ0v) is 64.2. The number of benzene rings is 8. The van der Waals surface area contributed by atoms with Crippen LogP contribution in [0.2, 0.25) is 0 Å². The Labute approximate surface area is 605 Å². The highest BCUT2D eigenvalue weighted by molar-refractivity contribution is 5.90. The van der Waals surface area contributed by atoms with Crippen LogP contribution >= 0.6 is 0 Å². The summed E-state index contributed by atoms with van der Waals surface area (Å²) in [5.74, 6) is 0. The maximum atomic E-state index is 4.54. The first-order valence-electron chi connectivity index (χ1n) is 35.3. The Morgan fingerprint density at radius 2 is 0.598 bits per heavy atom. The largest absolute Gasteiger partial charge is 0.258 e. The van der Waals surface area contributed by atoms with E-state index in [1.54, 1.807) is 0 Å². The molecule has 0 amide bonds. The zero-order chi connectivity index (χ0) is 73.6. The summed E-state index contributed by atoms with van der Waals surface area (Å²) in [4.78, 5) is 35.8. The number of hydrogen-bond donors (Lipinski definition) is 0. The van der Waals surface area contributed by atoms with Crippen molar-refractivity contribution in [3.8, 4) is 0 Å². The molecule has 0 aliphatic heterocycles. The first-order valence-corrected chi connectivity index (χ1v) is 35.3. The van der Waals surface area contributed by atoms with Crippen LogP contribution in [0.25, 0.3) is 86.8 Å². The highest BCUT2D eigenvalue weighted by atomic mass is 14.7. The molecule has 8 heterocycles. The van der Waals surface area contributed by atoms with Crippen LogP contribution in [0.3, 0.4) is 0 Å². The second-order valence-electron chi connectivity index (χ2n) is 27.4. The Morgan fingerprint density at radius 1 is 0.186 bits per heavy atom. The first kappa shape index (κ1) is 75.2. The molecule has 8 aromatic carbocycles. The molecule has 0 aliphatic carbocycles. The van der Waals surface area contributed by atoms with Crippen LogP contribution < -0.4 is 0 Å². The van der Waals surface area contributed by atoms with Crippen LogP contribution in [0.4, 0.5) is 0 Å². The van der Waals surface area contributed by atoms with Crippen LogP contribution in [-0.2, 0) is 0 Å². The summed E-state index contributed by atoms with van der Waals surface area (Å²) in [7, 11) is 0. The molecule has 0 bridgehead atoms. The minimum Gasteiger partial charge on any atom is -0.258 e. The summed E-state index contributed by atoms with van der Waals surface area (Å²) in [6.45, 7) is 45.9. The lowest BCUT2D eigenvalue weighted by atomic mass is 10.0. The minimum atomic E-state index is 1.09. The molecule has 0 aliphatic rings. The van der Waals surface area contributed by atoms with Crippen molar-refractivity contribution < 1.29 is 0 Å². The third-order valence-corrected chi connectivity index (χ3v) is 18.8. The van der Waals surface area contributed by atoms with Crippen LogP contribution in [0.1, 0.15) is 124 Å². The van der Waals surface area contributed by atoms with Gasteiger partial charge in [-0.2, -0.15) is 0 Å². The van der Waals surface area contributed by atoms with Gasteiger partial charge in [-0.25, -0.2) is 0 Å². The van der Waals surface area contributed by atoms with Gasteiger partial charge in [0.15, 0.2) is 0 Å². The normalized spacial score (nSPS) is 10.6. The predicted molar refractivity (Wildman–Crippen MR) is 438 cm³/mol. The van der Waals surface area contributed by atoms with Gasteiger partial charge in [-0.15, -0.1) is 0 Å². The van der Waals surface area contributed by atoms with Crippen molar-refractivity contribution in [2.45, 2.75) is 152 Å².